The first-order valence-electron chi connectivity index (χ1n) is 8.44. The Labute approximate surface area is 160 Å². The van der Waals surface area contributed by atoms with Crippen molar-refractivity contribution >= 4 is 23.2 Å². The topological polar surface area (TPSA) is 67.2 Å². The second-order valence-electron chi connectivity index (χ2n) is 6.13. The third kappa shape index (κ3) is 3.61. The van der Waals surface area contributed by atoms with Crippen molar-refractivity contribution in [1.82, 2.24) is 24.9 Å². The number of hydrogen-bond donors (Lipinski definition) is 0. The van der Waals surface area contributed by atoms with Gasteiger partial charge in [0.1, 0.15) is 5.82 Å². The molecule has 1 saturated heterocycles. The highest BCUT2D eigenvalue weighted by Gasteiger charge is 2.25. The molecule has 3 aromatic rings. The Kier molecular flexibility index (Phi) is 4.72. The average Bonchev–Trinajstić information content (AvgIpc) is 3.19. The van der Waals surface area contributed by atoms with Crippen LogP contribution in [0.1, 0.15) is 10.5 Å². The monoisotopic (exact) mass is 386 g/mol. The first kappa shape index (κ1) is 17.4. The Balaban J connectivity index is 1.43. The van der Waals surface area contributed by atoms with Gasteiger partial charge in [0.05, 0.1) is 22.6 Å². The number of benzene rings is 1. The molecule has 1 amide bonds. The maximum absolute atomic E-state index is 13.0. The maximum Gasteiger partial charge on any atom is 0.276 e. The molecule has 3 heterocycles. The van der Waals surface area contributed by atoms with Gasteiger partial charge in [-0.15, -0.1) is 5.10 Å². The van der Waals surface area contributed by atoms with Crippen molar-refractivity contribution in [3.8, 4) is 5.69 Å². The minimum Gasteiger partial charge on any atom is -0.367 e. The number of aromatic nitrogens is 4. The maximum atomic E-state index is 13.0. The summed E-state index contributed by atoms with van der Waals surface area (Å²) >= 11 is 6.19. The van der Waals surface area contributed by atoms with Gasteiger partial charge in [0.15, 0.2) is 5.69 Å². The van der Waals surface area contributed by atoms with Crippen molar-refractivity contribution in [2.75, 3.05) is 31.1 Å². The van der Waals surface area contributed by atoms with Crippen molar-refractivity contribution in [1.29, 1.82) is 0 Å². The molecule has 0 N–H and O–H groups in total. The van der Waals surface area contributed by atoms with Crippen molar-refractivity contribution in [3.05, 3.63) is 65.5 Å². The quantitative estimate of drug-likeness (QED) is 0.691. The standard InChI is InChI=1S/C18H16ClFN6O/c19-15-11-21-6-5-17(15)24-7-9-25(10-8-24)18(27)16-12-26(23-22-16)14-3-1-13(20)2-4-14/h1-6,11-12H,7-10H2. The second kappa shape index (κ2) is 7.32. The zero-order valence-electron chi connectivity index (χ0n) is 14.3. The molecule has 2 aromatic heterocycles. The van der Waals surface area contributed by atoms with Crippen molar-refractivity contribution in [2.24, 2.45) is 0 Å². The predicted octanol–water partition coefficient (Wildman–Crippen LogP) is 2.42. The lowest BCUT2D eigenvalue weighted by molar-refractivity contribution is 0.0741. The summed E-state index contributed by atoms with van der Waals surface area (Å²) in [6, 6.07) is 7.70. The number of rotatable bonds is 3. The van der Waals surface area contributed by atoms with Gasteiger partial charge in [0, 0.05) is 38.6 Å². The minimum atomic E-state index is -0.331. The fourth-order valence-electron chi connectivity index (χ4n) is 3.02. The number of carbonyl (C=O) groups excluding carboxylic acids is 1. The number of hydrogen-bond acceptors (Lipinski definition) is 5. The molecule has 1 fully saturated rings. The Morgan fingerprint density at radius 1 is 1.07 bits per heavy atom. The van der Waals surface area contributed by atoms with Crippen LogP contribution in [0.15, 0.2) is 48.9 Å². The molecule has 0 unspecified atom stereocenters. The first-order chi connectivity index (χ1) is 13.1. The first-order valence-corrected chi connectivity index (χ1v) is 8.81. The van der Waals surface area contributed by atoms with Gasteiger partial charge in [-0.1, -0.05) is 16.8 Å². The van der Waals surface area contributed by atoms with Crippen LogP contribution in [-0.2, 0) is 0 Å². The van der Waals surface area contributed by atoms with Gasteiger partial charge in [0.2, 0.25) is 0 Å². The summed E-state index contributed by atoms with van der Waals surface area (Å²) in [5.74, 6) is -0.508. The van der Waals surface area contributed by atoms with Crippen LogP contribution < -0.4 is 4.90 Å². The highest BCUT2D eigenvalue weighted by molar-refractivity contribution is 6.33. The fraction of sp³-hybridized carbons (Fsp3) is 0.222. The van der Waals surface area contributed by atoms with Crippen LogP contribution >= 0.6 is 11.6 Å². The third-order valence-electron chi connectivity index (χ3n) is 4.46. The van der Waals surface area contributed by atoms with E-state index in [9.17, 15) is 9.18 Å². The zero-order valence-corrected chi connectivity index (χ0v) is 15.1. The molecule has 138 valence electrons. The molecule has 7 nitrogen and oxygen atoms in total. The molecule has 0 spiro atoms. The van der Waals surface area contributed by atoms with E-state index in [1.54, 1.807) is 35.6 Å². The second-order valence-corrected chi connectivity index (χ2v) is 6.54. The molecule has 0 aliphatic carbocycles. The van der Waals surface area contributed by atoms with E-state index in [4.69, 9.17) is 11.6 Å². The smallest absolute Gasteiger partial charge is 0.276 e. The number of anilines is 1. The van der Waals surface area contributed by atoms with Gasteiger partial charge >= 0.3 is 0 Å². The largest absolute Gasteiger partial charge is 0.367 e. The lowest BCUT2D eigenvalue weighted by atomic mass is 10.2. The van der Waals surface area contributed by atoms with E-state index >= 15 is 0 Å². The highest BCUT2D eigenvalue weighted by atomic mass is 35.5. The molecule has 27 heavy (non-hydrogen) atoms. The van der Waals surface area contributed by atoms with Gasteiger partial charge < -0.3 is 9.80 Å². The summed E-state index contributed by atoms with van der Waals surface area (Å²) in [5, 5.41) is 8.53. The fourth-order valence-corrected chi connectivity index (χ4v) is 3.26. The van der Waals surface area contributed by atoms with Gasteiger partial charge in [-0.05, 0) is 30.3 Å². The summed E-state index contributed by atoms with van der Waals surface area (Å²) in [7, 11) is 0. The third-order valence-corrected chi connectivity index (χ3v) is 4.75. The number of nitrogens with zero attached hydrogens (tertiary/aromatic N) is 6. The number of amides is 1. The summed E-state index contributed by atoms with van der Waals surface area (Å²) in [4.78, 5) is 20.6. The van der Waals surface area contributed by atoms with Crippen molar-refractivity contribution in [2.45, 2.75) is 0 Å². The van der Waals surface area contributed by atoms with Crippen LogP contribution in [0.2, 0.25) is 5.02 Å². The van der Waals surface area contributed by atoms with Crippen LogP contribution in [0.4, 0.5) is 10.1 Å². The molecule has 9 heteroatoms. The zero-order chi connectivity index (χ0) is 18.8. The van der Waals surface area contributed by atoms with Crippen LogP contribution in [0.25, 0.3) is 5.69 Å². The summed E-state index contributed by atoms with van der Waals surface area (Å²) in [6.07, 6.45) is 4.87. The van der Waals surface area contributed by atoms with E-state index in [0.29, 0.717) is 36.9 Å². The molecule has 0 bridgehead atoms. The van der Waals surface area contributed by atoms with Crippen molar-refractivity contribution < 1.29 is 9.18 Å². The Morgan fingerprint density at radius 3 is 2.52 bits per heavy atom. The number of piperazine rings is 1. The van der Waals surface area contributed by atoms with Crippen LogP contribution in [0.3, 0.4) is 0 Å². The molecule has 4 rings (SSSR count). The molecule has 0 radical (unpaired) electrons. The molecule has 1 aliphatic heterocycles. The average molecular weight is 387 g/mol. The van der Waals surface area contributed by atoms with E-state index in [1.807, 2.05) is 6.07 Å². The van der Waals surface area contributed by atoms with Crippen molar-refractivity contribution in [3.63, 3.8) is 0 Å². The SMILES string of the molecule is O=C(c1cn(-c2ccc(F)cc2)nn1)N1CCN(c2ccncc2Cl)CC1. The normalized spacial score (nSPS) is 14.4. The lowest BCUT2D eigenvalue weighted by Gasteiger charge is -2.36. The van der Waals surface area contributed by atoms with E-state index < -0.39 is 0 Å². The lowest BCUT2D eigenvalue weighted by Crippen LogP contribution is -2.49. The van der Waals surface area contributed by atoms with E-state index in [0.717, 1.165) is 5.69 Å². The Bertz CT molecular complexity index is 952. The molecule has 1 aromatic carbocycles. The molecule has 0 atom stereocenters. The van der Waals surface area contributed by atoms with Crippen LogP contribution in [0, 0.1) is 5.82 Å². The summed E-state index contributed by atoms with van der Waals surface area (Å²) in [5.41, 5.74) is 1.82. The number of halogens is 2. The minimum absolute atomic E-state index is 0.177. The number of pyridine rings is 1. The van der Waals surface area contributed by atoms with Gasteiger partial charge in [-0.25, -0.2) is 9.07 Å². The van der Waals surface area contributed by atoms with Crippen LogP contribution in [0.5, 0.6) is 0 Å². The molecular formula is C18H16ClFN6O. The summed E-state index contributed by atoms with van der Waals surface area (Å²) in [6.45, 7) is 2.45. The molecule has 1 aliphatic rings. The van der Waals surface area contributed by atoms with Crippen LogP contribution in [-0.4, -0.2) is 57.0 Å². The van der Waals surface area contributed by atoms with Gasteiger partial charge in [-0.2, -0.15) is 0 Å². The van der Waals surface area contributed by atoms with E-state index in [-0.39, 0.29) is 17.4 Å². The predicted molar refractivity (Wildman–Crippen MR) is 98.7 cm³/mol. The Morgan fingerprint density at radius 2 is 1.81 bits per heavy atom. The van der Waals surface area contributed by atoms with Gasteiger partial charge in [0.25, 0.3) is 5.91 Å². The highest BCUT2D eigenvalue weighted by Crippen LogP contribution is 2.25. The van der Waals surface area contributed by atoms with E-state index in [2.05, 4.69) is 20.2 Å². The molecular weight excluding hydrogens is 371 g/mol. The van der Waals surface area contributed by atoms with Gasteiger partial charge in [-0.3, -0.25) is 9.78 Å². The Hall–Kier alpha value is -3.00. The number of carbonyl (C=O) groups is 1. The summed E-state index contributed by atoms with van der Waals surface area (Å²) < 4.78 is 14.5. The molecule has 0 saturated carbocycles. The van der Waals surface area contributed by atoms with E-state index in [1.165, 1.54) is 16.8 Å².